The van der Waals surface area contributed by atoms with Crippen molar-refractivity contribution in [3.8, 4) is 0 Å². The van der Waals surface area contributed by atoms with Gasteiger partial charge in [0.15, 0.2) is 5.11 Å². The molecular weight excluding hydrogens is 533 g/mol. The molecule has 2 aliphatic rings. The second kappa shape index (κ2) is 13.8. The topological polar surface area (TPSA) is 85.4 Å². The summed E-state index contributed by atoms with van der Waals surface area (Å²) in [6.45, 7) is 10.7. The van der Waals surface area contributed by atoms with E-state index in [1.165, 1.54) is 29.2 Å². The Morgan fingerprint density at radius 3 is 2.25 bits per heavy atom. The van der Waals surface area contributed by atoms with Crippen molar-refractivity contribution in [2.75, 3.05) is 62.6 Å². The van der Waals surface area contributed by atoms with Crippen LogP contribution in [-0.4, -0.2) is 96.1 Å². The molecule has 0 aliphatic carbocycles. The molecule has 214 valence electrons. The van der Waals surface area contributed by atoms with Crippen LogP contribution in [0.2, 0.25) is 0 Å². The first-order valence-electron chi connectivity index (χ1n) is 13.7. The van der Waals surface area contributed by atoms with Gasteiger partial charge in [-0.05, 0) is 87.2 Å². The highest BCUT2D eigenvalue weighted by atomic mass is 32.1. The van der Waals surface area contributed by atoms with Gasteiger partial charge < -0.3 is 24.8 Å². The Kier molecular flexibility index (Phi) is 10.2. The third-order valence-electron chi connectivity index (χ3n) is 7.25. The van der Waals surface area contributed by atoms with Crippen molar-refractivity contribution < 1.29 is 23.5 Å². The standard InChI is InChI=1S/C29H36FN5O4S/c1-3-32-16-18-33(19-17-32)14-5-15-34-25(20-26(36)31-23-10-8-22(30)9-11-23)27(37)35(29(34)40)24-12-6-21(7-13-24)28(38)39-4-2/h6-13,25H,3-5,14-20H2,1-2H3,(H,31,36)/t25-/m1/s1. The molecule has 2 aliphatic heterocycles. The van der Waals surface area contributed by atoms with Crippen LogP contribution >= 0.6 is 12.2 Å². The molecule has 2 heterocycles. The van der Waals surface area contributed by atoms with E-state index in [4.69, 9.17) is 17.0 Å². The van der Waals surface area contributed by atoms with Crippen LogP contribution < -0.4 is 10.2 Å². The quantitative estimate of drug-likeness (QED) is 0.326. The molecule has 40 heavy (non-hydrogen) atoms. The highest BCUT2D eigenvalue weighted by molar-refractivity contribution is 7.80. The lowest BCUT2D eigenvalue weighted by Crippen LogP contribution is -2.47. The minimum absolute atomic E-state index is 0.108. The number of hydrogen-bond donors (Lipinski definition) is 1. The van der Waals surface area contributed by atoms with Crippen LogP contribution in [0.25, 0.3) is 0 Å². The summed E-state index contributed by atoms with van der Waals surface area (Å²) < 4.78 is 18.3. The van der Waals surface area contributed by atoms with E-state index in [0.29, 0.717) is 28.6 Å². The number of thiocarbonyl (C=S) groups is 1. The molecule has 9 nitrogen and oxygen atoms in total. The SMILES string of the molecule is CCOC(=O)c1ccc(N2C(=O)[C@@H](CC(=O)Nc3ccc(F)cc3)N(CCCN3CCN(CC)CC3)C2=S)cc1. The molecule has 0 spiro atoms. The summed E-state index contributed by atoms with van der Waals surface area (Å²) in [4.78, 5) is 46.8. The first-order chi connectivity index (χ1) is 19.3. The van der Waals surface area contributed by atoms with Crippen molar-refractivity contribution in [1.82, 2.24) is 14.7 Å². The average molecular weight is 570 g/mol. The highest BCUT2D eigenvalue weighted by Gasteiger charge is 2.44. The molecule has 4 rings (SSSR count). The fraction of sp³-hybridized carbons (Fsp3) is 0.448. The van der Waals surface area contributed by atoms with Gasteiger partial charge in [-0.25, -0.2) is 9.18 Å². The van der Waals surface area contributed by atoms with Crippen LogP contribution in [0.4, 0.5) is 15.8 Å². The first-order valence-corrected chi connectivity index (χ1v) is 14.1. The number of carbonyl (C=O) groups excluding carboxylic acids is 3. The zero-order valence-corrected chi connectivity index (χ0v) is 23.8. The second-order valence-corrected chi connectivity index (χ2v) is 10.2. The van der Waals surface area contributed by atoms with E-state index in [9.17, 15) is 18.8 Å². The predicted octanol–water partition coefficient (Wildman–Crippen LogP) is 3.36. The van der Waals surface area contributed by atoms with Crippen molar-refractivity contribution in [2.45, 2.75) is 32.7 Å². The third kappa shape index (κ3) is 7.21. The molecule has 2 amide bonds. The lowest BCUT2D eigenvalue weighted by Gasteiger charge is -2.34. The molecule has 0 bridgehead atoms. The van der Waals surface area contributed by atoms with Crippen LogP contribution in [0, 0.1) is 5.82 Å². The number of likely N-dealkylation sites (N-methyl/N-ethyl adjacent to an activating group) is 1. The fourth-order valence-corrected chi connectivity index (χ4v) is 5.41. The summed E-state index contributed by atoms with van der Waals surface area (Å²) in [5.74, 6) is -1.52. The van der Waals surface area contributed by atoms with Gasteiger partial charge in [-0.1, -0.05) is 6.92 Å². The summed E-state index contributed by atoms with van der Waals surface area (Å²) in [7, 11) is 0. The monoisotopic (exact) mass is 569 g/mol. The molecule has 2 fully saturated rings. The molecule has 1 N–H and O–H groups in total. The minimum Gasteiger partial charge on any atom is -0.462 e. The Bertz CT molecular complexity index is 1200. The molecule has 2 saturated heterocycles. The number of anilines is 2. The molecule has 1 atom stereocenters. The van der Waals surface area contributed by atoms with Crippen LogP contribution in [-0.2, 0) is 14.3 Å². The lowest BCUT2D eigenvalue weighted by molar-refractivity contribution is -0.124. The van der Waals surface area contributed by atoms with Gasteiger partial charge in [-0.2, -0.15) is 0 Å². The Hall–Kier alpha value is -3.41. The van der Waals surface area contributed by atoms with Gasteiger partial charge in [0.25, 0.3) is 5.91 Å². The molecule has 2 aromatic rings. The van der Waals surface area contributed by atoms with E-state index in [0.717, 1.165) is 45.7 Å². The van der Waals surface area contributed by atoms with Gasteiger partial charge in [-0.3, -0.25) is 14.5 Å². The Balaban J connectivity index is 1.47. The third-order valence-corrected chi connectivity index (χ3v) is 7.66. The van der Waals surface area contributed by atoms with Crippen LogP contribution in [0.1, 0.15) is 37.0 Å². The predicted molar refractivity (Wildman–Crippen MR) is 156 cm³/mol. The zero-order chi connectivity index (χ0) is 28.6. The van der Waals surface area contributed by atoms with Gasteiger partial charge in [0, 0.05) is 38.4 Å². The molecule has 2 aromatic carbocycles. The normalized spacial score (nSPS) is 18.3. The van der Waals surface area contributed by atoms with E-state index >= 15 is 0 Å². The summed E-state index contributed by atoms with van der Waals surface area (Å²) in [6.07, 6.45) is 0.675. The van der Waals surface area contributed by atoms with Gasteiger partial charge in [0.05, 0.1) is 24.3 Å². The van der Waals surface area contributed by atoms with Gasteiger partial charge >= 0.3 is 5.97 Å². The Labute approximate surface area is 239 Å². The number of amides is 2. The summed E-state index contributed by atoms with van der Waals surface area (Å²) in [5.41, 5.74) is 1.34. The lowest BCUT2D eigenvalue weighted by atomic mass is 10.1. The summed E-state index contributed by atoms with van der Waals surface area (Å²) in [5, 5.41) is 3.07. The molecular formula is C29H36FN5O4S. The number of nitrogens with one attached hydrogen (secondary N) is 1. The molecule has 11 heteroatoms. The first kappa shape index (κ1) is 29.6. The number of halogens is 1. The minimum atomic E-state index is -0.783. The molecule has 0 unspecified atom stereocenters. The molecule has 0 radical (unpaired) electrons. The van der Waals surface area contributed by atoms with Crippen LogP contribution in [0.3, 0.4) is 0 Å². The van der Waals surface area contributed by atoms with E-state index in [1.807, 2.05) is 4.90 Å². The molecule has 0 saturated carbocycles. The van der Waals surface area contributed by atoms with Crippen molar-refractivity contribution in [2.24, 2.45) is 0 Å². The zero-order valence-electron chi connectivity index (χ0n) is 23.0. The second-order valence-electron chi connectivity index (χ2n) is 9.82. The van der Waals surface area contributed by atoms with Gasteiger partial charge in [0.1, 0.15) is 11.9 Å². The smallest absolute Gasteiger partial charge is 0.338 e. The van der Waals surface area contributed by atoms with Crippen LogP contribution in [0.5, 0.6) is 0 Å². The maximum atomic E-state index is 13.7. The van der Waals surface area contributed by atoms with Crippen LogP contribution in [0.15, 0.2) is 48.5 Å². The number of ether oxygens (including phenoxy) is 1. The summed E-state index contributed by atoms with van der Waals surface area (Å²) in [6, 6.07) is 11.2. The maximum absolute atomic E-state index is 13.7. The van der Waals surface area contributed by atoms with Crippen molar-refractivity contribution in [1.29, 1.82) is 0 Å². The molecule has 0 aromatic heterocycles. The largest absolute Gasteiger partial charge is 0.462 e. The van der Waals surface area contributed by atoms with E-state index in [2.05, 4.69) is 22.0 Å². The maximum Gasteiger partial charge on any atom is 0.338 e. The summed E-state index contributed by atoms with van der Waals surface area (Å²) >= 11 is 5.77. The average Bonchev–Trinajstić information content (AvgIpc) is 3.18. The number of rotatable bonds is 11. The number of nitrogens with zero attached hydrogens (tertiary/aromatic N) is 4. The van der Waals surface area contributed by atoms with Gasteiger partial charge in [0.2, 0.25) is 5.91 Å². The van der Waals surface area contributed by atoms with Crippen molar-refractivity contribution >= 4 is 46.5 Å². The fourth-order valence-electron chi connectivity index (χ4n) is 5.00. The Morgan fingerprint density at radius 2 is 1.62 bits per heavy atom. The number of carbonyl (C=O) groups is 3. The number of benzene rings is 2. The van der Waals surface area contributed by atoms with E-state index in [1.54, 1.807) is 31.2 Å². The van der Waals surface area contributed by atoms with Gasteiger partial charge in [-0.15, -0.1) is 0 Å². The van der Waals surface area contributed by atoms with Crippen molar-refractivity contribution in [3.05, 3.63) is 59.9 Å². The Morgan fingerprint density at radius 1 is 0.975 bits per heavy atom. The highest BCUT2D eigenvalue weighted by Crippen LogP contribution is 2.28. The van der Waals surface area contributed by atoms with E-state index < -0.39 is 17.8 Å². The number of piperazine rings is 1. The van der Waals surface area contributed by atoms with Crippen molar-refractivity contribution in [3.63, 3.8) is 0 Å². The van der Waals surface area contributed by atoms with E-state index in [-0.39, 0.29) is 24.8 Å². The number of esters is 1. The number of hydrogen-bond acceptors (Lipinski definition) is 7.